The van der Waals surface area contributed by atoms with Crippen LogP contribution in [0.15, 0.2) is 54.6 Å². The number of phenols is 1. The highest BCUT2D eigenvalue weighted by Crippen LogP contribution is 2.12. The molecule has 0 aliphatic rings. The second kappa shape index (κ2) is 10.7. The van der Waals surface area contributed by atoms with Crippen LogP contribution < -0.4 is 16.4 Å². The molecule has 0 fully saturated rings. The van der Waals surface area contributed by atoms with Gasteiger partial charge >= 0.3 is 0 Å². The van der Waals surface area contributed by atoms with E-state index in [1.165, 1.54) is 12.1 Å². The van der Waals surface area contributed by atoms with Crippen LogP contribution in [0.3, 0.4) is 0 Å². The van der Waals surface area contributed by atoms with E-state index in [0.717, 1.165) is 5.56 Å². The van der Waals surface area contributed by atoms with Crippen LogP contribution in [0.5, 0.6) is 5.75 Å². The van der Waals surface area contributed by atoms with E-state index >= 15 is 0 Å². The van der Waals surface area contributed by atoms with Gasteiger partial charge in [0.25, 0.3) is 10.1 Å². The Morgan fingerprint density at radius 3 is 2.13 bits per heavy atom. The molecule has 2 amide bonds. The molecule has 2 rings (SSSR count). The number of rotatable bonds is 10. The molecule has 0 bridgehead atoms. The van der Waals surface area contributed by atoms with Crippen LogP contribution in [0.4, 0.5) is 0 Å². The Bertz CT molecular complexity index is 948. The molecule has 0 aliphatic carbocycles. The summed E-state index contributed by atoms with van der Waals surface area (Å²) in [4.78, 5) is 25.1. The van der Waals surface area contributed by atoms with E-state index in [0.29, 0.717) is 5.56 Å². The molecule has 0 aliphatic heterocycles. The number of phenolic OH excluding ortho intramolecular Hbond substituents is 1. The minimum Gasteiger partial charge on any atom is -0.508 e. The highest BCUT2D eigenvalue weighted by molar-refractivity contribution is 7.85. The van der Waals surface area contributed by atoms with Crippen molar-refractivity contribution < 1.29 is 27.7 Å². The Morgan fingerprint density at radius 2 is 1.53 bits per heavy atom. The standard InChI is InChI=1S/C20H25N3O6S/c21-17(12-14-4-2-1-3-5-14)19(25)23-18(13-15-6-8-16(24)9-7-15)20(26)22-10-11-30(27,28)29/h1-9,17-18,24H,10-13,21H2,(H,22,26)(H,23,25)(H,27,28,29)/t17-,18-/m1/s1. The molecule has 0 saturated carbocycles. The second-order valence-corrected chi connectivity index (χ2v) is 8.38. The first-order chi connectivity index (χ1) is 14.1. The van der Waals surface area contributed by atoms with Crippen molar-refractivity contribution in [2.45, 2.75) is 24.9 Å². The molecule has 2 aromatic carbocycles. The Morgan fingerprint density at radius 1 is 0.933 bits per heavy atom. The summed E-state index contributed by atoms with van der Waals surface area (Å²) in [6, 6.07) is 13.4. The predicted octanol–water partition coefficient (Wildman–Crippen LogP) is -0.00650. The summed E-state index contributed by atoms with van der Waals surface area (Å²) in [5, 5.41) is 14.4. The zero-order chi connectivity index (χ0) is 22.1. The number of nitrogens with one attached hydrogen (secondary N) is 2. The molecule has 0 radical (unpaired) electrons. The fourth-order valence-electron chi connectivity index (χ4n) is 2.74. The number of amides is 2. The van der Waals surface area contributed by atoms with Crippen molar-refractivity contribution in [1.29, 1.82) is 0 Å². The van der Waals surface area contributed by atoms with Crippen molar-refractivity contribution in [2.75, 3.05) is 12.3 Å². The summed E-state index contributed by atoms with van der Waals surface area (Å²) in [7, 11) is -4.23. The molecular formula is C20H25N3O6S. The molecule has 2 aromatic rings. The van der Waals surface area contributed by atoms with Gasteiger partial charge in [0.15, 0.2) is 0 Å². The first-order valence-corrected chi connectivity index (χ1v) is 10.9. The van der Waals surface area contributed by atoms with Crippen LogP contribution in [0, 0.1) is 0 Å². The third-order valence-corrected chi connectivity index (χ3v) is 5.02. The van der Waals surface area contributed by atoms with Gasteiger partial charge in [0, 0.05) is 13.0 Å². The van der Waals surface area contributed by atoms with Crippen LogP contribution in [-0.2, 0) is 32.5 Å². The highest BCUT2D eigenvalue weighted by Gasteiger charge is 2.24. The van der Waals surface area contributed by atoms with E-state index in [1.807, 2.05) is 30.3 Å². The highest BCUT2D eigenvalue weighted by atomic mass is 32.2. The third-order valence-electron chi connectivity index (χ3n) is 4.30. The first kappa shape index (κ1) is 23.3. The van der Waals surface area contributed by atoms with Gasteiger partial charge in [-0.2, -0.15) is 8.42 Å². The normalized spacial score (nSPS) is 13.3. The summed E-state index contributed by atoms with van der Waals surface area (Å²) < 4.78 is 30.5. The molecule has 30 heavy (non-hydrogen) atoms. The smallest absolute Gasteiger partial charge is 0.266 e. The van der Waals surface area contributed by atoms with E-state index in [9.17, 15) is 23.1 Å². The SMILES string of the molecule is N[C@H](Cc1ccccc1)C(=O)N[C@H](Cc1ccc(O)cc1)C(=O)NCCS(=O)(=O)O. The lowest BCUT2D eigenvalue weighted by molar-refractivity contribution is -0.129. The average Bonchev–Trinajstić information content (AvgIpc) is 2.68. The number of nitrogens with two attached hydrogens (primary N) is 1. The van der Waals surface area contributed by atoms with E-state index < -0.39 is 39.8 Å². The third kappa shape index (κ3) is 8.19. The van der Waals surface area contributed by atoms with Gasteiger partial charge in [0.1, 0.15) is 11.8 Å². The lowest BCUT2D eigenvalue weighted by Crippen LogP contribution is -2.53. The van der Waals surface area contributed by atoms with Gasteiger partial charge in [0.05, 0.1) is 11.8 Å². The fourth-order valence-corrected chi connectivity index (χ4v) is 3.10. The van der Waals surface area contributed by atoms with E-state index in [4.69, 9.17) is 10.3 Å². The molecule has 6 N–H and O–H groups in total. The number of carbonyl (C=O) groups is 2. The van der Waals surface area contributed by atoms with Crippen LogP contribution >= 0.6 is 0 Å². The molecule has 0 spiro atoms. The summed E-state index contributed by atoms with van der Waals surface area (Å²) in [6.45, 7) is -0.310. The molecule has 10 heteroatoms. The maximum absolute atomic E-state index is 12.5. The molecule has 0 saturated heterocycles. The first-order valence-electron chi connectivity index (χ1n) is 9.25. The molecule has 0 unspecified atom stereocenters. The summed E-state index contributed by atoms with van der Waals surface area (Å²) in [6.07, 6.45) is 0.380. The van der Waals surface area contributed by atoms with Gasteiger partial charge < -0.3 is 21.5 Å². The largest absolute Gasteiger partial charge is 0.508 e. The summed E-state index contributed by atoms with van der Waals surface area (Å²) in [5.41, 5.74) is 7.51. The molecular weight excluding hydrogens is 410 g/mol. The van der Waals surface area contributed by atoms with Crippen molar-refractivity contribution in [2.24, 2.45) is 5.73 Å². The summed E-state index contributed by atoms with van der Waals surface area (Å²) >= 11 is 0. The van der Waals surface area contributed by atoms with E-state index in [-0.39, 0.29) is 25.1 Å². The van der Waals surface area contributed by atoms with Gasteiger partial charge in [-0.3, -0.25) is 14.1 Å². The van der Waals surface area contributed by atoms with Crippen molar-refractivity contribution in [3.63, 3.8) is 0 Å². The number of carbonyl (C=O) groups excluding carboxylic acids is 2. The van der Waals surface area contributed by atoms with Gasteiger partial charge in [-0.05, 0) is 29.7 Å². The quantitative estimate of drug-likeness (QED) is 0.328. The van der Waals surface area contributed by atoms with Crippen molar-refractivity contribution >= 4 is 21.9 Å². The second-order valence-electron chi connectivity index (χ2n) is 6.81. The van der Waals surface area contributed by atoms with Gasteiger partial charge in [0.2, 0.25) is 11.8 Å². The lowest BCUT2D eigenvalue weighted by Gasteiger charge is -2.21. The fraction of sp³-hybridized carbons (Fsp3) is 0.300. The molecule has 0 heterocycles. The van der Waals surface area contributed by atoms with Crippen LogP contribution in [-0.4, -0.2) is 54.3 Å². The maximum Gasteiger partial charge on any atom is 0.266 e. The molecule has 0 aromatic heterocycles. The average molecular weight is 436 g/mol. The zero-order valence-corrected chi connectivity index (χ0v) is 17.0. The van der Waals surface area contributed by atoms with Gasteiger partial charge in [-0.25, -0.2) is 0 Å². The monoisotopic (exact) mass is 435 g/mol. The van der Waals surface area contributed by atoms with E-state index in [1.54, 1.807) is 12.1 Å². The van der Waals surface area contributed by atoms with E-state index in [2.05, 4.69) is 10.6 Å². The molecule has 2 atom stereocenters. The van der Waals surface area contributed by atoms with Gasteiger partial charge in [-0.15, -0.1) is 0 Å². The molecule has 9 nitrogen and oxygen atoms in total. The van der Waals surface area contributed by atoms with Crippen LogP contribution in [0.25, 0.3) is 0 Å². The molecule has 162 valence electrons. The number of hydrogen-bond acceptors (Lipinski definition) is 6. The van der Waals surface area contributed by atoms with Crippen LogP contribution in [0.2, 0.25) is 0 Å². The van der Waals surface area contributed by atoms with Gasteiger partial charge in [-0.1, -0.05) is 42.5 Å². The number of benzene rings is 2. The minimum atomic E-state index is -4.23. The number of aromatic hydroxyl groups is 1. The number of hydrogen-bond donors (Lipinski definition) is 5. The van der Waals surface area contributed by atoms with Crippen molar-refractivity contribution in [1.82, 2.24) is 10.6 Å². The predicted molar refractivity (Wildman–Crippen MR) is 111 cm³/mol. The Kier molecular flexibility index (Phi) is 8.34. The Balaban J connectivity index is 2.05. The van der Waals surface area contributed by atoms with Crippen molar-refractivity contribution in [3.05, 3.63) is 65.7 Å². The zero-order valence-electron chi connectivity index (χ0n) is 16.2. The lowest BCUT2D eigenvalue weighted by atomic mass is 10.0. The Hall–Kier alpha value is -2.95. The minimum absolute atomic E-state index is 0.0572. The maximum atomic E-state index is 12.5. The van der Waals surface area contributed by atoms with Crippen molar-refractivity contribution in [3.8, 4) is 5.75 Å². The Labute approximate surface area is 175 Å². The summed E-state index contributed by atoms with van der Waals surface area (Å²) in [5.74, 6) is -1.74. The topological polar surface area (TPSA) is 159 Å². The van der Waals surface area contributed by atoms with Crippen LogP contribution in [0.1, 0.15) is 11.1 Å².